The Bertz CT molecular complexity index is 772. The Morgan fingerprint density at radius 2 is 1.88 bits per heavy atom. The number of rotatable bonds is 7. The van der Waals surface area contributed by atoms with Crippen LogP contribution in [0.25, 0.3) is 0 Å². The number of phenols is 1. The van der Waals surface area contributed by atoms with Gasteiger partial charge in [-0.1, -0.05) is 18.2 Å². The van der Waals surface area contributed by atoms with Gasteiger partial charge < -0.3 is 14.6 Å². The number of carbonyl (C=O) groups excluding carboxylic acids is 1. The van der Waals surface area contributed by atoms with Gasteiger partial charge in [-0.05, 0) is 50.1 Å². The van der Waals surface area contributed by atoms with Crippen LogP contribution < -0.4 is 14.9 Å². The minimum absolute atomic E-state index is 0.0195. The largest absolute Gasteiger partial charge is 0.504 e. The van der Waals surface area contributed by atoms with E-state index in [1.54, 1.807) is 18.2 Å². The molecule has 0 unspecified atom stereocenters. The van der Waals surface area contributed by atoms with Gasteiger partial charge in [0.05, 0.1) is 12.8 Å². The number of aromatic hydroxyl groups is 1. The van der Waals surface area contributed by atoms with E-state index in [1.165, 1.54) is 6.21 Å². The van der Waals surface area contributed by atoms with E-state index in [-0.39, 0.29) is 12.4 Å². The lowest BCUT2D eigenvalue weighted by molar-refractivity contribution is -0.123. The third kappa shape index (κ3) is 4.97. The van der Waals surface area contributed by atoms with Crippen LogP contribution in [0.5, 0.6) is 17.2 Å². The Balaban J connectivity index is 1.90. The maximum atomic E-state index is 11.8. The molecule has 0 bridgehead atoms. The fourth-order valence-corrected chi connectivity index (χ4v) is 2.15. The van der Waals surface area contributed by atoms with Gasteiger partial charge in [0.2, 0.25) is 0 Å². The van der Waals surface area contributed by atoms with E-state index in [1.807, 2.05) is 39.0 Å². The number of nitrogens with one attached hydrogen (secondary N) is 1. The Kier molecular flexibility index (Phi) is 6.39. The van der Waals surface area contributed by atoms with Gasteiger partial charge in [0, 0.05) is 5.56 Å². The molecular formula is C19H22N2O4. The van der Waals surface area contributed by atoms with Gasteiger partial charge in [0.15, 0.2) is 18.1 Å². The summed E-state index contributed by atoms with van der Waals surface area (Å²) < 4.78 is 10.8. The Labute approximate surface area is 147 Å². The lowest BCUT2D eigenvalue weighted by atomic mass is 10.1. The maximum Gasteiger partial charge on any atom is 0.277 e. The van der Waals surface area contributed by atoms with Crippen LogP contribution in [-0.2, 0) is 4.79 Å². The van der Waals surface area contributed by atoms with Gasteiger partial charge in [-0.2, -0.15) is 5.10 Å². The first-order chi connectivity index (χ1) is 12.0. The van der Waals surface area contributed by atoms with Gasteiger partial charge in [0.1, 0.15) is 5.75 Å². The first-order valence-corrected chi connectivity index (χ1v) is 7.98. The highest BCUT2D eigenvalue weighted by molar-refractivity contribution is 5.86. The summed E-state index contributed by atoms with van der Waals surface area (Å²) in [5.74, 6) is 0.629. The molecule has 0 aliphatic heterocycles. The highest BCUT2D eigenvalue weighted by Gasteiger charge is 2.07. The quantitative estimate of drug-likeness (QED) is 0.599. The van der Waals surface area contributed by atoms with Gasteiger partial charge in [-0.3, -0.25) is 4.79 Å². The average molecular weight is 342 g/mol. The summed E-state index contributed by atoms with van der Waals surface area (Å²) in [6.45, 7) is 6.05. The number of carbonyl (C=O) groups is 1. The molecule has 0 saturated carbocycles. The molecule has 132 valence electrons. The number of aryl methyl sites for hydroxylation is 1. The van der Waals surface area contributed by atoms with Crippen LogP contribution in [0.3, 0.4) is 0 Å². The normalized spacial score (nSPS) is 10.7. The maximum absolute atomic E-state index is 11.8. The average Bonchev–Trinajstić information content (AvgIpc) is 2.59. The van der Waals surface area contributed by atoms with Crippen molar-refractivity contribution >= 4 is 12.1 Å². The summed E-state index contributed by atoms with van der Waals surface area (Å²) in [5.41, 5.74) is 4.91. The molecule has 0 spiro atoms. The molecule has 2 aromatic carbocycles. The van der Waals surface area contributed by atoms with E-state index in [0.717, 1.165) is 11.1 Å². The Morgan fingerprint density at radius 1 is 1.16 bits per heavy atom. The van der Waals surface area contributed by atoms with E-state index >= 15 is 0 Å². The van der Waals surface area contributed by atoms with Crippen molar-refractivity contribution in [2.24, 2.45) is 5.10 Å². The summed E-state index contributed by atoms with van der Waals surface area (Å²) in [6.07, 6.45) is 1.35. The molecule has 2 aromatic rings. The predicted molar refractivity (Wildman–Crippen MR) is 96.4 cm³/mol. The lowest BCUT2D eigenvalue weighted by Gasteiger charge is -2.10. The van der Waals surface area contributed by atoms with E-state index in [2.05, 4.69) is 10.5 Å². The third-order valence-electron chi connectivity index (χ3n) is 3.64. The molecule has 0 radical (unpaired) electrons. The van der Waals surface area contributed by atoms with E-state index in [4.69, 9.17) is 9.47 Å². The van der Waals surface area contributed by atoms with Crippen molar-refractivity contribution in [3.63, 3.8) is 0 Å². The van der Waals surface area contributed by atoms with Crippen LogP contribution in [0.4, 0.5) is 0 Å². The van der Waals surface area contributed by atoms with Crippen LogP contribution in [0.15, 0.2) is 41.5 Å². The molecule has 0 aliphatic rings. The molecule has 6 heteroatoms. The Morgan fingerprint density at radius 3 is 2.64 bits per heavy atom. The molecule has 0 fully saturated rings. The number of hydrazone groups is 1. The lowest BCUT2D eigenvalue weighted by Crippen LogP contribution is -2.24. The van der Waals surface area contributed by atoms with Crippen molar-refractivity contribution in [3.05, 3.63) is 53.1 Å². The molecule has 25 heavy (non-hydrogen) atoms. The zero-order chi connectivity index (χ0) is 18.2. The number of phenolic OH excluding ortho intramolecular Hbond substituents is 1. The van der Waals surface area contributed by atoms with Crippen molar-refractivity contribution in [1.29, 1.82) is 0 Å². The number of benzene rings is 2. The van der Waals surface area contributed by atoms with Gasteiger partial charge in [0.25, 0.3) is 5.91 Å². The highest BCUT2D eigenvalue weighted by atomic mass is 16.5. The van der Waals surface area contributed by atoms with E-state index in [9.17, 15) is 9.90 Å². The zero-order valence-electron chi connectivity index (χ0n) is 14.6. The van der Waals surface area contributed by atoms with Crippen LogP contribution in [-0.4, -0.2) is 30.4 Å². The summed E-state index contributed by atoms with van der Waals surface area (Å²) in [4.78, 5) is 11.8. The van der Waals surface area contributed by atoms with Crippen molar-refractivity contribution in [2.45, 2.75) is 20.8 Å². The van der Waals surface area contributed by atoms with Crippen molar-refractivity contribution in [3.8, 4) is 17.2 Å². The number of ether oxygens (including phenoxy) is 2. The standard InChI is InChI=1S/C19H22N2O4/c1-4-24-17-10-6-8-15(19(17)23)11-20-21-18(22)12-25-16-9-5-7-13(2)14(16)3/h5-11,23H,4,12H2,1-3H3,(H,21,22). The second-order valence-electron chi connectivity index (χ2n) is 5.41. The SMILES string of the molecule is CCOc1cccc(C=NNC(=O)COc2cccc(C)c2C)c1O. The molecular weight excluding hydrogens is 320 g/mol. The van der Waals surface area contributed by atoms with Gasteiger partial charge in [-0.25, -0.2) is 5.43 Å². The van der Waals surface area contributed by atoms with E-state index in [0.29, 0.717) is 23.7 Å². The van der Waals surface area contributed by atoms with Gasteiger partial charge in [-0.15, -0.1) is 0 Å². The number of hydrogen-bond acceptors (Lipinski definition) is 5. The van der Waals surface area contributed by atoms with Crippen molar-refractivity contribution in [2.75, 3.05) is 13.2 Å². The first kappa shape index (κ1) is 18.3. The summed E-state index contributed by atoms with van der Waals surface area (Å²) in [5, 5.41) is 13.9. The number of para-hydroxylation sites is 1. The smallest absolute Gasteiger partial charge is 0.277 e. The summed E-state index contributed by atoms with van der Waals surface area (Å²) >= 11 is 0. The minimum atomic E-state index is -0.391. The van der Waals surface area contributed by atoms with Crippen molar-refractivity contribution < 1.29 is 19.4 Å². The molecule has 0 saturated heterocycles. The van der Waals surface area contributed by atoms with Crippen molar-refractivity contribution in [1.82, 2.24) is 5.43 Å². The fraction of sp³-hybridized carbons (Fsp3) is 0.263. The second-order valence-corrected chi connectivity index (χ2v) is 5.41. The zero-order valence-corrected chi connectivity index (χ0v) is 14.6. The number of hydrogen-bond donors (Lipinski definition) is 2. The van der Waals surface area contributed by atoms with Crippen LogP contribution in [0.1, 0.15) is 23.6 Å². The van der Waals surface area contributed by atoms with Crippen LogP contribution >= 0.6 is 0 Å². The highest BCUT2D eigenvalue weighted by Crippen LogP contribution is 2.28. The predicted octanol–water partition coefficient (Wildman–Crippen LogP) is 2.94. The number of nitrogens with zero attached hydrogens (tertiary/aromatic N) is 1. The van der Waals surface area contributed by atoms with Crippen LogP contribution in [0, 0.1) is 13.8 Å². The number of amides is 1. The van der Waals surface area contributed by atoms with Gasteiger partial charge >= 0.3 is 0 Å². The topological polar surface area (TPSA) is 80.2 Å². The molecule has 2 N–H and O–H groups in total. The molecule has 0 heterocycles. The first-order valence-electron chi connectivity index (χ1n) is 7.98. The molecule has 0 aliphatic carbocycles. The fourth-order valence-electron chi connectivity index (χ4n) is 2.15. The Hall–Kier alpha value is -3.02. The summed E-state index contributed by atoms with van der Waals surface area (Å²) in [6, 6.07) is 10.7. The molecule has 0 aromatic heterocycles. The molecule has 2 rings (SSSR count). The molecule has 0 atom stereocenters. The molecule has 1 amide bonds. The van der Waals surface area contributed by atoms with Crippen LogP contribution in [0.2, 0.25) is 0 Å². The molecule has 6 nitrogen and oxygen atoms in total. The summed E-state index contributed by atoms with van der Waals surface area (Å²) in [7, 11) is 0. The second kappa shape index (κ2) is 8.73. The third-order valence-corrected chi connectivity index (χ3v) is 3.64. The minimum Gasteiger partial charge on any atom is -0.504 e. The monoisotopic (exact) mass is 342 g/mol. The van der Waals surface area contributed by atoms with E-state index < -0.39 is 5.91 Å².